The van der Waals surface area contributed by atoms with Gasteiger partial charge >= 0.3 is 5.69 Å². The van der Waals surface area contributed by atoms with Crippen LogP contribution in [0, 0.1) is 0 Å². The van der Waals surface area contributed by atoms with Gasteiger partial charge in [0.15, 0.2) is 11.2 Å². The van der Waals surface area contributed by atoms with E-state index in [1.54, 1.807) is 41.2 Å². The van der Waals surface area contributed by atoms with Crippen molar-refractivity contribution in [1.82, 2.24) is 18.7 Å². The first kappa shape index (κ1) is 22.2. The number of rotatable bonds is 6. The van der Waals surface area contributed by atoms with E-state index in [0.717, 1.165) is 11.1 Å². The Morgan fingerprint density at radius 3 is 2.26 bits per heavy atom. The minimum Gasteiger partial charge on any atom is -0.320 e. The van der Waals surface area contributed by atoms with Crippen LogP contribution in [-0.4, -0.2) is 18.7 Å². The summed E-state index contributed by atoms with van der Waals surface area (Å²) in [7, 11) is 0. The molecule has 0 unspecified atom stereocenters. The number of nitrogens with zero attached hydrogens (tertiary/aromatic N) is 4. The van der Waals surface area contributed by atoms with E-state index in [1.807, 2.05) is 48.5 Å². The smallest absolute Gasteiger partial charge is 0.320 e. The highest BCUT2D eigenvalue weighted by atomic mass is 35.5. The Kier molecular flexibility index (Phi) is 6.09. The summed E-state index contributed by atoms with van der Waals surface area (Å²) in [5, 5.41) is 1.15. The molecular weight excluding hydrogens is 471 g/mol. The van der Waals surface area contributed by atoms with Crippen LogP contribution in [0.4, 0.5) is 0 Å². The quantitative estimate of drug-likeness (QED) is 0.338. The summed E-state index contributed by atoms with van der Waals surface area (Å²) in [6.45, 7) is 0.589. The van der Waals surface area contributed by atoms with Crippen LogP contribution in [0.25, 0.3) is 16.9 Å². The molecule has 2 heterocycles. The fourth-order valence-electron chi connectivity index (χ4n) is 4.02. The van der Waals surface area contributed by atoms with E-state index in [2.05, 4.69) is 4.98 Å². The minimum atomic E-state index is -0.446. The van der Waals surface area contributed by atoms with E-state index < -0.39 is 5.69 Å². The second-order valence-corrected chi connectivity index (χ2v) is 8.77. The fraction of sp³-hybridized carbons (Fsp3) is 0.115. The van der Waals surface area contributed by atoms with Crippen molar-refractivity contribution >= 4 is 34.4 Å². The van der Waals surface area contributed by atoms with Gasteiger partial charge in [-0.15, -0.1) is 0 Å². The minimum absolute atomic E-state index is 0.239. The lowest BCUT2D eigenvalue weighted by molar-refractivity contribution is 0.615. The van der Waals surface area contributed by atoms with Gasteiger partial charge in [0, 0.05) is 16.6 Å². The zero-order valence-electron chi connectivity index (χ0n) is 18.1. The molecule has 6 nitrogen and oxygen atoms in total. The van der Waals surface area contributed by atoms with Gasteiger partial charge < -0.3 is 4.57 Å². The van der Waals surface area contributed by atoms with E-state index >= 15 is 0 Å². The van der Waals surface area contributed by atoms with E-state index in [4.69, 9.17) is 23.2 Å². The third kappa shape index (κ3) is 4.18. The van der Waals surface area contributed by atoms with Crippen LogP contribution in [0.1, 0.15) is 11.1 Å². The molecule has 3 aromatic carbocycles. The molecule has 0 aliphatic heterocycles. The molecule has 5 aromatic rings. The highest BCUT2D eigenvalue weighted by Crippen LogP contribution is 2.20. The number of halogens is 2. The molecule has 5 rings (SSSR count). The lowest BCUT2D eigenvalue weighted by Crippen LogP contribution is -2.40. The second kappa shape index (κ2) is 9.33. The molecule has 0 saturated heterocycles. The average molecular weight is 491 g/mol. The summed E-state index contributed by atoms with van der Waals surface area (Å²) in [4.78, 5) is 31.6. The van der Waals surface area contributed by atoms with Crippen molar-refractivity contribution < 1.29 is 0 Å². The molecular formula is C26H20Cl2N4O2. The van der Waals surface area contributed by atoms with Crippen molar-refractivity contribution in [3.8, 4) is 5.69 Å². The summed E-state index contributed by atoms with van der Waals surface area (Å²) >= 11 is 12.4. The maximum Gasteiger partial charge on any atom is 0.337 e. The molecule has 0 bridgehead atoms. The number of aryl methyl sites for hydroxylation is 1. The zero-order valence-corrected chi connectivity index (χ0v) is 19.6. The maximum atomic E-state index is 13.6. The van der Waals surface area contributed by atoms with Crippen LogP contribution >= 0.6 is 23.2 Å². The molecule has 170 valence electrons. The first-order valence-electron chi connectivity index (χ1n) is 10.8. The van der Waals surface area contributed by atoms with Crippen LogP contribution in [0.3, 0.4) is 0 Å². The third-order valence-corrected chi connectivity index (χ3v) is 6.37. The standard InChI is InChI=1S/C26H20Cl2N4O2/c27-20-10-12-21(13-11-20)32-24-23(30(17-29-24)16-19-8-4-5-9-22(19)28)25(33)31(26(32)34)15-14-18-6-2-1-3-7-18/h1-13,17H,14-16H2. The van der Waals surface area contributed by atoms with Crippen molar-refractivity contribution in [3.05, 3.63) is 127 Å². The first-order valence-corrected chi connectivity index (χ1v) is 11.5. The van der Waals surface area contributed by atoms with E-state index in [9.17, 15) is 9.59 Å². The Labute approximate surface area is 205 Å². The first-order chi connectivity index (χ1) is 16.5. The molecule has 0 amide bonds. The van der Waals surface area contributed by atoms with Crippen molar-refractivity contribution in [1.29, 1.82) is 0 Å². The van der Waals surface area contributed by atoms with E-state index in [1.165, 1.54) is 9.13 Å². The van der Waals surface area contributed by atoms with Gasteiger partial charge in [-0.25, -0.2) is 14.3 Å². The topological polar surface area (TPSA) is 61.8 Å². The molecule has 34 heavy (non-hydrogen) atoms. The number of fused-ring (bicyclic) bond motifs is 1. The van der Waals surface area contributed by atoms with Gasteiger partial charge in [0.2, 0.25) is 0 Å². The highest BCUT2D eigenvalue weighted by molar-refractivity contribution is 6.31. The Morgan fingerprint density at radius 1 is 0.824 bits per heavy atom. The Bertz CT molecular complexity index is 1590. The van der Waals surface area contributed by atoms with Crippen LogP contribution < -0.4 is 11.2 Å². The summed E-state index contributed by atoms with van der Waals surface area (Å²) < 4.78 is 4.47. The Balaban J connectivity index is 1.70. The van der Waals surface area contributed by atoms with Gasteiger partial charge in [0.1, 0.15) is 0 Å². The molecule has 0 fully saturated rings. The van der Waals surface area contributed by atoms with Gasteiger partial charge in [0.05, 0.1) is 18.6 Å². The number of hydrogen-bond donors (Lipinski definition) is 0. The number of benzene rings is 3. The predicted octanol–water partition coefficient (Wildman–Crippen LogP) is 4.95. The van der Waals surface area contributed by atoms with Crippen molar-refractivity contribution in [3.63, 3.8) is 0 Å². The monoisotopic (exact) mass is 490 g/mol. The maximum absolute atomic E-state index is 13.6. The predicted molar refractivity (Wildman–Crippen MR) is 135 cm³/mol. The van der Waals surface area contributed by atoms with Crippen molar-refractivity contribution in [2.24, 2.45) is 0 Å². The zero-order chi connectivity index (χ0) is 23.7. The third-order valence-electron chi connectivity index (χ3n) is 5.75. The van der Waals surface area contributed by atoms with Crippen molar-refractivity contribution in [2.45, 2.75) is 19.5 Å². The number of imidazole rings is 1. The van der Waals surface area contributed by atoms with E-state index in [-0.39, 0.29) is 12.1 Å². The molecule has 2 aromatic heterocycles. The normalized spacial score (nSPS) is 11.2. The fourth-order valence-corrected chi connectivity index (χ4v) is 4.34. The molecule has 0 saturated carbocycles. The molecule has 0 atom stereocenters. The average Bonchev–Trinajstić information content (AvgIpc) is 3.26. The van der Waals surface area contributed by atoms with Gasteiger partial charge in [-0.2, -0.15) is 0 Å². The van der Waals surface area contributed by atoms with Gasteiger partial charge in [-0.3, -0.25) is 9.36 Å². The molecule has 0 aliphatic carbocycles. The van der Waals surface area contributed by atoms with Gasteiger partial charge in [-0.05, 0) is 47.9 Å². The molecule has 8 heteroatoms. The lowest BCUT2D eigenvalue weighted by Gasteiger charge is -2.13. The van der Waals surface area contributed by atoms with Crippen LogP contribution in [-0.2, 0) is 19.5 Å². The van der Waals surface area contributed by atoms with Crippen LogP contribution in [0.15, 0.2) is 94.8 Å². The van der Waals surface area contributed by atoms with Crippen molar-refractivity contribution in [2.75, 3.05) is 0 Å². The second-order valence-electron chi connectivity index (χ2n) is 7.92. The largest absolute Gasteiger partial charge is 0.337 e. The molecule has 0 N–H and O–H groups in total. The molecule has 0 aliphatic rings. The van der Waals surface area contributed by atoms with Gasteiger partial charge in [0.25, 0.3) is 5.56 Å². The van der Waals surface area contributed by atoms with Crippen LogP contribution in [0.2, 0.25) is 10.0 Å². The molecule has 0 spiro atoms. The summed E-state index contributed by atoms with van der Waals surface area (Å²) in [5.41, 5.74) is 2.27. The summed E-state index contributed by atoms with van der Waals surface area (Å²) in [6, 6.07) is 24.1. The SMILES string of the molecule is O=c1c2c(ncn2Cc2ccccc2Cl)n(-c2ccc(Cl)cc2)c(=O)n1CCc1ccccc1. The number of hydrogen-bond acceptors (Lipinski definition) is 3. The molecule has 0 radical (unpaired) electrons. The van der Waals surface area contributed by atoms with Gasteiger partial charge in [-0.1, -0.05) is 71.7 Å². The Hall–Kier alpha value is -3.61. The summed E-state index contributed by atoms with van der Waals surface area (Å²) in [5.74, 6) is 0. The highest BCUT2D eigenvalue weighted by Gasteiger charge is 2.19. The number of aromatic nitrogens is 4. The Morgan fingerprint density at radius 2 is 1.53 bits per heavy atom. The van der Waals surface area contributed by atoms with Crippen LogP contribution in [0.5, 0.6) is 0 Å². The lowest BCUT2D eigenvalue weighted by atomic mass is 10.1. The summed E-state index contributed by atoms with van der Waals surface area (Å²) in [6.07, 6.45) is 2.11. The van der Waals surface area contributed by atoms with E-state index in [0.29, 0.717) is 39.9 Å².